The molecule has 0 bridgehead atoms. The minimum absolute atomic E-state index is 0.331. The van der Waals surface area contributed by atoms with E-state index in [0.717, 1.165) is 34.8 Å². The lowest BCUT2D eigenvalue weighted by atomic mass is 10.3. The fraction of sp³-hybridized carbons (Fsp3) is 0.500. The third-order valence-electron chi connectivity index (χ3n) is 2.74. The zero-order valence-corrected chi connectivity index (χ0v) is 13.1. The molecular weight excluding hydrogens is 286 g/mol. The summed E-state index contributed by atoms with van der Waals surface area (Å²) < 4.78 is 0. The molecule has 2 aromatic rings. The molecule has 0 spiro atoms. The highest BCUT2D eigenvalue weighted by molar-refractivity contribution is 7.98. The second kappa shape index (κ2) is 6.08. The highest BCUT2D eigenvalue weighted by Crippen LogP contribution is 2.31. The lowest BCUT2D eigenvalue weighted by Gasteiger charge is -2.18. The van der Waals surface area contributed by atoms with Gasteiger partial charge in [0, 0.05) is 24.2 Å². The number of aromatic nitrogens is 2. The number of aryl methyl sites for hydroxylation is 1. The zero-order valence-electron chi connectivity index (χ0n) is 10.7. The fourth-order valence-electron chi connectivity index (χ4n) is 1.73. The van der Waals surface area contributed by atoms with Crippen LogP contribution in [0.4, 0.5) is 5.82 Å². The van der Waals surface area contributed by atoms with Gasteiger partial charge in [-0.15, -0.1) is 11.3 Å². The molecule has 2 aromatic heterocycles. The first-order valence-corrected chi connectivity index (χ1v) is 8.40. The number of hydrogen-bond donors (Lipinski definition) is 0. The molecule has 3 nitrogen and oxygen atoms in total. The first-order valence-electron chi connectivity index (χ1n) is 5.81. The van der Waals surface area contributed by atoms with Gasteiger partial charge in [-0.05, 0) is 30.3 Å². The van der Waals surface area contributed by atoms with E-state index < -0.39 is 0 Å². The third kappa shape index (κ3) is 2.90. The van der Waals surface area contributed by atoms with Crippen molar-refractivity contribution < 1.29 is 0 Å². The summed E-state index contributed by atoms with van der Waals surface area (Å²) in [6.45, 7) is 3.11. The minimum atomic E-state index is 0.331. The number of fused-ring (bicyclic) bond motifs is 1. The summed E-state index contributed by atoms with van der Waals surface area (Å²) in [6, 6.07) is 2.18. The van der Waals surface area contributed by atoms with Crippen LogP contribution in [0.5, 0.6) is 0 Å². The van der Waals surface area contributed by atoms with E-state index in [4.69, 9.17) is 11.6 Å². The molecule has 2 heterocycles. The fourth-order valence-corrected chi connectivity index (χ4v) is 3.36. The van der Waals surface area contributed by atoms with Gasteiger partial charge >= 0.3 is 0 Å². The molecule has 2 rings (SSSR count). The van der Waals surface area contributed by atoms with Gasteiger partial charge in [0.25, 0.3) is 0 Å². The van der Waals surface area contributed by atoms with Gasteiger partial charge in [0.2, 0.25) is 5.28 Å². The first kappa shape index (κ1) is 13.9. The van der Waals surface area contributed by atoms with E-state index in [-0.39, 0.29) is 0 Å². The Balaban J connectivity index is 2.44. The molecule has 98 valence electrons. The van der Waals surface area contributed by atoms with Crippen LogP contribution in [0.2, 0.25) is 5.28 Å². The molecular formula is C12H16ClN3S2. The summed E-state index contributed by atoms with van der Waals surface area (Å²) in [7, 11) is 2.05. The van der Waals surface area contributed by atoms with Gasteiger partial charge in [-0.1, -0.05) is 6.92 Å². The Bertz CT molecular complexity index is 541. The van der Waals surface area contributed by atoms with Crippen LogP contribution < -0.4 is 4.90 Å². The number of halogens is 1. The highest BCUT2D eigenvalue weighted by Gasteiger charge is 2.13. The third-order valence-corrected chi connectivity index (χ3v) is 4.67. The van der Waals surface area contributed by atoms with E-state index in [1.165, 1.54) is 4.88 Å². The van der Waals surface area contributed by atoms with Crippen molar-refractivity contribution in [2.45, 2.75) is 13.3 Å². The van der Waals surface area contributed by atoms with Crippen LogP contribution in [0.15, 0.2) is 6.07 Å². The molecule has 6 heteroatoms. The predicted octanol–water partition coefficient (Wildman–Crippen LogP) is 3.71. The summed E-state index contributed by atoms with van der Waals surface area (Å²) in [5.74, 6) is 2.01. The molecule has 0 unspecified atom stereocenters. The van der Waals surface area contributed by atoms with Crippen molar-refractivity contribution in [1.29, 1.82) is 0 Å². The lowest BCUT2D eigenvalue weighted by Crippen LogP contribution is -2.21. The maximum Gasteiger partial charge on any atom is 0.225 e. The zero-order chi connectivity index (χ0) is 13.1. The monoisotopic (exact) mass is 301 g/mol. The Morgan fingerprint density at radius 1 is 1.44 bits per heavy atom. The predicted molar refractivity (Wildman–Crippen MR) is 83.5 cm³/mol. The molecule has 0 aromatic carbocycles. The summed E-state index contributed by atoms with van der Waals surface area (Å²) in [4.78, 5) is 13.1. The Morgan fingerprint density at radius 3 is 2.89 bits per heavy atom. The molecule has 0 radical (unpaired) electrons. The Labute approximate surface area is 121 Å². The minimum Gasteiger partial charge on any atom is -0.358 e. The molecule has 0 N–H and O–H groups in total. The summed E-state index contributed by atoms with van der Waals surface area (Å²) in [5.41, 5.74) is 0. The van der Waals surface area contributed by atoms with Crippen LogP contribution in [0.3, 0.4) is 0 Å². The van der Waals surface area contributed by atoms with Gasteiger partial charge in [0.15, 0.2) is 0 Å². The van der Waals surface area contributed by atoms with E-state index in [1.54, 1.807) is 11.3 Å². The Kier molecular flexibility index (Phi) is 4.70. The molecule has 0 saturated carbocycles. The largest absolute Gasteiger partial charge is 0.358 e. The number of thiophene rings is 1. The molecule has 0 aliphatic carbocycles. The van der Waals surface area contributed by atoms with Gasteiger partial charge in [-0.3, -0.25) is 0 Å². The number of rotatable bonds is 5. The summed E-state index contributed by atoms with van der Waals surface area (Å²) in [5, 5.41) is 1.45. The average Bonchev–Trinajstić information content (AvgIpc) is 2.77. The second-order valence-corrected chi connectivity index (χ2v) is 6.45. The number of nitrogens with zero attached hydrogens (tertiary/aromatic N) is 3. The maximum absolute atomic E-state index is 6.01. The first-order chi connectivity index (χ1) is 8.65. The molecule has 18 heavy (non-hydrogen) atoms. The van der Waals surface area contributed by atoms with Crippen molar-refractivity contribution in [3.8, 4) is 0 Å². The van der Waals surface area contributed by atoms with E-state index in [1.807, 2.05) is 11.8 Å². The standard InChI is InChI=1S/C12H16ClN3S2/c1-4-8-7-9-10(16(2)5-6-17-3)14-12(13)15-11(9)18-8/h7H,4-6H2,1-3H3. The number of thioether (sulfide) groups is 1. The van der Waals surface area contributed by atoms with E-state index in [0.29, 0.717) is 5.28 Å². The number of anilines is 1. The normalized spacial score (nSPS) is 11.1. The van der Waals surface area contributed by atoms with E-state index in [2.05, 4.69) is 41.2 Å². The summed E-state index contributed by atoms with van der Waals surface area (Å²) >= 11 is 9.53. The van der Waals surface area contributed by atoms with Crippen molar-refractivity contribution in [3.05, 3.63) is 16.2 Å². The van der Waals surface area contributed by atoms with Crippen LogP contribution in [-0.2, 0) is 6.42 Å². The molecule has 0 saturated heterocycles. The maximum atomic E-state index is 6.01. The highest BCUT2D eigenvalue weighted by atomic mass is 35.5. The summed E-state index contributed by atoms with van der Waals surface area (Å²) in [6.07, 6.45) is 3.13. The van der Waals surface area contributed by atoms with Crippen molar-refractivity contribution in [3.63, 3.8) is 0 Å². The van der Waals surface area contributed by atoms with Gasteiger partial charge in [0.1, 0.15) is 10.6 Å². The second-order valence-electron chi connectivity index (χ2n) is 4.02. The topological polar surface area (TPSA) is 29.0 Å². The van der Waals surface area contributed by atoms with Crippen LogP contribution in [-0.4, -0.2) is 35.6 Å². The molecule has 0 aliphatic rings. The lowest BCUT2D eigenvalue weighted by molar-refractivity contribution is 0.949. The van der Waals surface area contributed by atoms with Crippen LogP contribution >= 0.6 is 34.7 Å². The molecule has 0 amide bonds. The van der Waals surface area contributed by atoms with Crippen molar-refractivity contribution >= 4 is 50.7 Å². The van der Waals surface area contributed by atoms with Crippen LogP contribution in [0, 0.1) is 0 Å². The number of hydrogen-bond acceptors (Lipinski definition) is 5. The van der Waals surface area contributed by atoms with Gasteiger partial charge in [0.05, 0.1) is 5.39 Å². The van der Waals surface area contributed by atoms with Gasteiger partial charge in [-0.25, -0.2) is 4.98 Å². The Hall–Kier alpha value is -0.520. The molecule has 0 atom stereocenters. The quantitative estimate of drug-likeness (QED) is 0.787. The van der Waals surface area contributed by atoms with Gasteiger partial charge in [-0.2, -0.15) is 16.7 Å². The van der Waals surface area contributed by atoms with Crippen LogP contribution in [0.1, 0.15) is 11.8 Å². The van der Waals surface area contributed by atoms with E-state index >= 15 is 0 Å². The average molecular weight is 302 g/mol. The van der Waals surface area contributed by atoms with Crippen molar-refractivity contribution in [2.24, 2.45) is 0 Å². The smallest absolute Gasteiger partial charge is 0.225 e. The van der Waals surface area contributed by atoms with Crippen LogP contribution in [0.25, 0.3) is 10.2 Å². The van der Waals surface area contributed by atoms with Crippen molar-refractivity contribution in [1.82, 2.24) is 9.97 Å². The molecule has 0 fully saturated rings. The molecule has 0 aliphatic heterocycles. The van der Waals surface area contributed by atoms with E-state index in [9.17, 15) is 0 Å². The van der Waals surface area contributed by atoms with Crippen molar-refractivity contribution in [2.75, 3.05) is 30.5 Å². The van der Waals surface area contributed by atoms with Gasteiger partial charge < -0.3 is 4.90 Å². The Morgan fingerprint density at radius 2 is 2.22 bits per heavy atom. The SMILES string of the molecule is CCc1cc2c(N(C)CCSC)nc(Cl)nc2s1.